The van der Waals surface area contributed by atoms with E-state index in [2.05, 4.69) is 0 Å². The summed E-state index contributed by atoms with van der Waals surface area (Å²) in [6.45, 7) is 0. The fraction of sp³-hybridized carbons (Fsp3) is 0.750. The Hall–Kier alpha value is -0.240. The van der Waals surface area contributed by atoms with Crippen molar-refractivity contribution < 1.29 is 4.79 Å². The van der Waals surface area contributed by atoms with Crippen LogP contribution in [0.1, 0.15) is 32.1 Å². The first-order valence-corrected chi connectivity index (χ1v) is 7.44. The first-order valence-electron chi connectivity index (χ1n) is 5.71. The summed E-state index contributed by atoms with van der Waals surface area (Å²) in [5.74, 6) is 4.96. The highest BCUT2D eigenvalue weighted by molar-refractivity contribution is 7.97. The topological polar surface area (TPSA) is 17.1 Å². The summed E-state index contributed by atoms with van der Waals surface area (Å²) in [6.07, 6.45) is 10.1. The Bertz CT molecular complexity index is 228. The van der Waals surface area contributed by atoms with E-state index in [1.807, 2.05) is 6.08 Å². The molecule has 1 unspecified atom stereocenters. The molecule has 1 nitrogen and oxygen atoms in total. The molecule has 0 aromatic carbocycles. The van der Waals surface area contributed by atoms with Gasteiger partial charge in [-0.25, -0.2) is 0 Å². The minimum absolute atomic E-state index is 0.369. The second kappa shape index (κ2) is 5.01. The van der Waals surface area contributed by atoms with Gasteiger partial charge in [0.05, 0.1) is 0 Å². The lowest BCUT2D eigenvalue weighted by Crippen LogP contribution is -2.20. The Balaban J connectivity index is 1.74. The molecule has 0 radical (unpaired) electrons. The van der Waals surface area contributed by atoms with E-state index in [0.29, 0.717) is 22.6 Å². The van der Waals surface area contributed by atoms with E-state index in [4.69, 9.17) is 0 Å². The minimum Gasteiger partial charge on any atom is -0.295 e. The van der Waals surface area contributed by atoms with Gasteiger partial charge < -0.3 is 0 Å². The second-order valence-corrected chi connectivity index (χ2v) is 6.75. The maximum atomic E-state index is 11.5. The van der Waals surface area contributed by atoms with Gasteiger partial charge in [-0.15, -0.1) is 0 Å². The molecule has 1 saturated heterocycles. The van der Waals surface area contributed by atoms with E-state index in [1.54, 1.807) is 6.08 Å². The normalized spacial score (nSPS) is 28.6. The number of carbonyl (C=O) groups is 1. The smallest absolute Gasteiger partial charge is 0.158 e. The predicted octanol–water partition coefficient (Wildman–Crippen LogP) is 2.32. The zero-order valence-electron chi connectivity index (χ0n) is 8.71. The minimum atomic E-state index is 0.369. The fourth-order valence-corrected chi connectivity index (χ4v) is 4.74. The van der Waals surface area contributed by atoms with Crippen molar-refractivity contribution in [3.63, 3.8) is 0 Å². The van der Waals surface area contributed by atoms with Gasteiger partial charge in [0.2, 0.25) is 0 Å². The van der Waals surface area contributed by atoms with Gasteiger partial charge in [-0.2, -0.15) is 0 Å². The molecule has 0 amide bonds. The second-order valence-electron chi connectivity index (χ2n) is 4.30. The fourth-order valence-electron chi connectivity index (χ4n) is 2.29. The molecule has 2 heteroatoms. The summed E-state index contributed by atoms with van der Waals surface area (Å²) in [5.41, 5.74) is 0. The average molecular weight is 211 g/mol. The van der Waals surface area contributed by atoms with Crippen LogP contribution >= 0.6 is 0 Å². The molecule has 2 rings (SSSR count). The third-order valence-electron chi connectivity index (χ3n) is 3.24. The first-order chi connectivity index (χ1) is 6.86. The van der Waals surface area contributed by atoms with Crippen LogP contribution in [0.2, 0.25) is 0 Å². The van der Waals surface area contributed by atoms with Crippen molar-refractivity contribution >= 4 is 16.7 Å². The predicted molar refractivity (Wildman–Crippen MR) is 62.7 cm³/mol. The van der Waals surface area contributed by atoms with Crippen molar-refractivity contribution in [1.29, 1.82) is 0 Å². The van der Waals surface area contributed by atoms with Gasteiger partial charge in [-0.1, -0.05) is 6.08 Å². The molecule has 1 atom stereocenters. The summed E-state index contributed by atoms with van der Waals surface area (Å²) in [7, 11) is 0.680. The Labute approximate surface area is 89.3 Å². The lowest BCUT2D eigenvalue weighted by Gasteiger charge is -2.15. The van der Waals surface area contributed by atoms with Gasteiger partial charge in [-0.3, -0.25) is 4.79 Å². The van der Waals surface area contributed by atoms with Gasteiger partial charge in [0.25, 0.3) is 0 Å². The zero-order chi connectivity index (χ0) is 9.80. The number of allylic oxidation sites excluding steroid dienone is 2. The first kappa shape index (κ1) is 10.3. The summed E-state index contributed by atoms with van der Waals surface area (Å²) in [6, 6.07) is 0. The summed E-state index contributed by atoms with van der Waals surface area (Å²) in [5, 5.41) is 0. The highest BCUT2D eigenvalue weighted by atomic mass is 32.2. The van der Waals surface area contributed by atoms with Crippen LogP contribution in [-0.4, -0.2) is 23.0 Å². The highest BCUT2D eigenvalue weighted by Gasteiger charge is 2.27. The quantitative estimate of drug-likeness (QED) is 0.655. The largest absolute Gasteiger partial charge is 0.295 e. The summed E-state index contributed by atoms with van der Waals surface area (Å²) in [4.78, 5) is 11.5. The van der Waals surface area contributed by atoms with Crippen molar-refractivity contribution in [2.75, 3.05) is 17.3 Å². The molecule has 0 saturated carbocycles. The van der Waals surface area contributed by atoms with Crippen LogP contribution < -0.4 is 0 Å². The Morgan fingerprint density at radius 1 is 1.36 bits per heavy atom. The number of carbonyl (C=O) groups excluding carboxylic acids is 1. The lowest BCUT2D eigenvalue weighted by molar-refractivity contribution is -0.118. The van der Waals surface area contributed by atoms with E-state index < -0.39 is 0 Å². The van der Waals surface area contributed by atoms with Crippen LogP contribution in [-0.2, 0) is 15.7 Å². The number of hydrogen-bond acceptors (Lipinski definition) is 1. The molecule has 2 aliphatic rings. The molecule has 0 bridgehead atoms. The van der Waals surface area contributed by atoms with Crippen LogP contribution in [0.15, 0.2) is 12.2 Å². The number of rotatable bonds is 3. The molecule has 1 heterocycles. The Kier molecular flexibility index (Phi) is 3.68. The van der Waals surface area contributed by atoms with E-state index in [1.165, 1.54) is 30.1 Å². The molecule has 14 heavy (non-hydrogen) atoms. The van der Waals surface area contributed by atoms with Gasteiger partial charge in [-0.05, 0) is 42.7 Å². The van der Waals surface area contributed by atoms with Crippen LogP contribution in [0, 0.1) is 5.92 Å². The molecule has 0 aromatic rings. The van der Waals surface area contributed by atoms with Crippen LogP contribution in [0.4, 0.5) is 0 Å². The lowest BCUT2D eigenvalue weighted by atomic mass is 9.91. The van der Waals surface area contributed by atoms with Crippen molar-refractivity contribution in [3.05, 3.63) is 12.2 Å². The molecule has 78 valence electrons. The van der Waals surface area contributed by atoms with E-state index in [9.17, 15) is 4.79 Å². The molecular formula is C12H19OS+. The SMILES string of the molecule is O=C1C=CCCC1CC[S+]1CCCC1. The Morgan fingerprint density at radius 3 is 2.86 bits per heavy atom. The monoisotopic (exact) mass is 211 g/mol. The molecule has 1 fully saturated rings. The van der Waals surface area contributed by atoms with Crippen molar-refractivity contribution in [2.45, 2.75) is 32.1 Å². The standard InChI is InChI=1S/C12H19OS/c13-12-6-2-1-5-11(12)7-10-14-8-3-4-9-14/h2,6,11H,1,3-5,7-10H2/q+1. The van der Waals surface area contributed by atoms with Crippen molar-refractivity contribution in [1.82, 2.24) is 0 Å². The third-order valence-corrected chi connectivity index (χ3v) is 5.78. The van der Waals surface area contributed by atoms with Crippen LogP contribution in [0.5, 0.6) is 0 Å². The zero-order valence-corrected chi connectivity index (χ0v) is 9.52. The van der Waals surface area contributed by atoms with Gasteiger partial charge >= 0.3 is 0 Å². The summed E-state index contributed by atoms with van der Waals surface area (Å²) < 4.78 is 0. The molecule has 0 spiro atoms. The molecule has 1 aliphatic heterocycles. The van der Waals surface area contributed by atoms with Crippen molar-refractivity contribution in [3.8, 4) is 0 Å². The number of ketones is 1. The van der Waals surface area contributed by atoms with E-state index in [-0.39, 0.29) is 0 Å². The number of hydrogen-bond donors (Lipinski definition) is 0. The molecular weight excluding hydrogens is 192 g/mol. The highest BCUT2D eigenvalue weighted by Crippen LogP contribution is 2.22. The van der Waals surface area contributed by atoms with Gasteiger partial charge in [0.1, 0.15) is 17.3 Å². The third kappa shape index (κ3) is 2.63. The van der Waals surface area contributed by atoms with Crippen LogP contribution in [0.25, 0.3) is 0 Å². The average Bonchev–Trinajstić information content (AvgIpc) is 2.69. The maximum absolute atomic E-state index is 11.5. The van der Waals surface area contributed by atoms with Gasteiger partial charge in [0, 0.05) is 12.3 Å². The van der Waals surface area contributed by atoms with Crippen LogP contribution in [0.3, 0.4) is 0 Å². The molecule has 0 aromatic heterocycles. The molecule has 0 N–H and O–H groups in total. The summed E-state index contributed by atoms with van der Waals surface area (Å²) >= 11 is 0. The van der Waals surface area contributed by atoms with E-state index in [0.717, 1.165) is 19.3 Å². The molecule has 1 aliphatic carbocycles. The van der Waals surface area contributed by atoms with Gasteiger partial charge in [0.15, 0.2) is 5.78 Å². The van der Waals surface area contributed by atoms with E-state index >= 15 is 0 Å². The van der Waals surface area contributed by atoms with Crippen molar-refractivity contribution in [2.24, 2.45) is 5.92 Å². The maximum Gasteiger partial charge on any atom is 0.158 e. The Morgan fingerprint density at radius 2 is 2.14 bits per heavy atom.